The lowest BCUT2D eigenvalue weighted by Gasteiger charge is -2.33. The second-order valence-electron chi connectivity index (χ2n) is 6.57. The van der Waals surface area contributed by atoms with Gasteiger partial charge in [-0.1, -0.05) is 36.8 Å². The van der Waals surface area contributed by atoms with Crippen LogP contribution in [0.3, 0.4) is 0 Å². The summed E-state index contributed by atoms with van der Waals surface area (Å²) in [6, 6.07) is 9.97. The van der Waals surface area contributed by atoms with Crippen LogP contribution in [0.4, 0.5) is 13.2 Å². The Morgan fingerprint density at radius 3 is 2.43 bits per heavy atom. The molecule has 2 aliphatic rings. The van der Waals surface area contributed by atoms with E-state index in [1.165, 1.54) is 5.56 Å². The molecule has 4 heteroatoms. The van der Waals surface area contributed by atoms with Crippen LogP contribution in [-0.2, 0) is 0 Å². The summed E-state index contributed by atoms with van der Waals surface area (Å²) in [5.41, 5.74) is 1.20. The van der Waals surface area contributed by atoms with Gasteiger partial charge in [-0.2, -0.15) is 13.2 Å². The normalized spacial score (nSPS) is 34.5. The molecule has 0 radical (unpaired) electrons. The van der Waals surface area contributed by atoms with Gasteiger partial charge in [0.05, 0.1) is 12.0 Å². The Balaban J connectivity index is 1.60. The van der Waals surface area contributed by atoms with E-state index >= 15 is 0 Å². The van der Waals surface area contributed by atoms with Crippen molar-refractivity contribution in [3.63, 3.8) is 0 Å². The Morgan fingerprint density at radius 2 is 1.76 bits per heavy atom. The summed E-state index contributed by atoms with van der Waals surface area (Å²) in [6.07, 6.45) is -2.16. The predicted octanol–water partition coefficient (Wildman–Crippen LogP) is 4.52. The van der Waals surface area contributed by atoms with Gasteiger partial charge in [0.2, 0.25) is 0 Å². The highest BCUT2D eigenvalue weighted by atomic mass is 19.4. The van der Waals surface area contributed by atoms with E-state index in [4.69, 9.17) is 0 Å². The minimum absolute atomic E-state index is 0.0999. The second-order valence-corrected chi connectivity index (χ2v) is 6.57. The van der Waals surface area contributed by atoms with E-state index in [1.54, 1.807) is 0 Å². The SMILES string of the molecule is OC(C1CCCC(C(F)(F)F)C1)C1CC1c1ccccc1. The summed E-state index contributed by atoms with van der Waals surface area (Å²) in [7, 11) is 0. The van der Waals surface area contributed by atoms with Crippen LogP contribution in [0.2, 0.25) is 0 Å². The van der Waals surface area contributed by atoms with Crippen molar-refractivity contribution in [2.24, 2.45) is 17.8 Å². The predicted molar refractivity (Wildman–Crippen MR) is 74.8 cm³/mol. The van der Waals surface area contributed by atoms with Gasteiger partial charge in [0.1, 0.15) is 0 Å². The molecule has 0 spiro atoms. The van der Waals surface area contributed by atoms with E-state index in [9.17, 15) is 18.3 Å². The molecular formula is C17H21F3O. The molecule has 2 fully saturated rings. The third kappa shape index (κ3) is 3.25. The van der Waals surface area contributed by atoms with E-state index in [1.807, 2.05) is 30.3 Å². The Kier molecular flexibility index (Phi) is 4.00. The zero-order valence-corrected chi connectivity index (χ0v) is 11.9. The molecule has 0 heterocycles. The van der Waals surface area contributed by atoms with Crippen molar-refractivity contribution in [3.8, 4) is 0 Å². The standard InChI is InChI=1S/C17H21F3O/c18-17(19,20)13-8-4-7-12(9-13)16(21)15-10-14(15)11-5-2-1-3-6-11/h1-3,5-6,12-16,21H,4,7-10H2. The first-order valence-corrected chi connectivity index (χ1v) is 7.76. The number of alkyl halides is 3. The van der Waals surface area contributed by atoms with Crippen molar-refractivity contribution in [1.82, 2.24) is 0 Å². The van der Waals surface area contributed by atoms with Gasteiger partial charge >= 0.3 is 6.18 Å². The number of halogens is 3. The first kappa shape index (κ1) is 14.9. The monoisotopic (exact) mass is 298 g/mol. The van der Waals surface area contributed by atoms with Gasteiger partial charge in [-0.25, -0.2) is 0 Å². The molecule has 1 nitrogen and oxygen atoms in total. The van der Waals surface area contributed by atoms with Crippen LogP contribution >= 0.6 is 0 Å². The molecular weight excluding hydrogens is 277 g/mol. The first-order chi connectivity index (χ1) is 9.97. The van der Waals surface area contributed by atoms with Crippen LogP contribution in [0.25, 0.3) is 0 Å². The van der Waals surface area contributed by atoms with Gasteiger partial charge in [0, 0.05) is 0 Å². The number of aliphatic hydroxyl groups excluding tert-OH is 1. The maximum Gasteiger partial charge on any atom is 0.391 e. The van der Waals surface area contributed by atoms with Crippen molar-refractivity contribution in [2.75, 3.05) is 0 Å². The van der Waals surface area contributed by atoms with Crippen molar-refractivity contribution in [1.29, 1.82) is 0 Å². The van der Waals surface area contributed by atoms with Crippen LogP contribution in [0.5, 0.6) is 0 Å². The smallest absolute Gasteiger partial charge is 0.391 e. The van der Waals surface area contributed by atoms with Crippen LogP contribution in [-0.4, -0.2) is 17.4 Å². The van der Waals surface area contributed by atoms with Crippen molar-refractivity contribution >= 4 is 0 Å². The van der Waals surface area contributed by atoms with Gasteiger partial charge in [-0.3, -0.25) is 0 Å². The van der Waals surface area contributed by atoms with Gasteiger partial charge in [0.15, 0.2) is 0 Å². The number of hydrogen-bond donors (Lipinski definition) is 1. The summed E-state index contributed by atoms with van der Waals surface area (Å²) >= 11 is 0. The summed E-state index contributed by atoms with van der Waals surface area (Å²) in [4.78, 5) is 0. The number of benzene rings is 1. The van der Waals surface area contributed by atoms with E-state index in [0.29, 0.717) is 12.3 Å². The quantitative estimate of drug-likeness (QED) is 0.870. The van der Waals surface area contributed by atoms with Crippen molar-refractivity contribution in [3.05, 3.63) is 35.9 Å². The highest BCUT2D eigenvalue weighted by molar-refractivity contribution is 5.26. The molecule has 5 unspecified atom stereocenters. The molecule has 1 aromatic carbocycles. The average Bonchev–Trinajstić information content (AvgIpc) is 3.27. The van der Waals surface area contributed by atoms with Crippen molar-refractivity contribution < 1.29 is 18.3 Å². The highest BCUT2D eigenvalue weighted by Gasteiger charge is 2.49. The second kappa shape index (κ2) is 5.64. The molecule has 2 aliphatic carbocycles. The first-order valence-electron chi connectivity index (χ1n) is 7.76. The fraction of sp³-hybridized carbons (Fsp3) is 0.647. The summed E-state index contributed by atoms with van der Waals surface area (Å²) in [5.74, 6) is -0.944. The average molecular weight is 298 g/mol. The third-order valence-electron chi connectivity index (χ3n) is 5.17. The molecule has 0 aliphatic heterocycles. The van der Waals surface area contributed by atoms with Crippen LogP contribution in [0, 0.1) is 17.8 Å². The zero-order valence-electron chi connectivity index (χ0n) is 11.9. The van der Waals surface area contributed by atoms with Crippen molar-refractivity contribution in [2.45, 2.75) is 50.3 Å². The van der Waals surface area contributed by atoms with Crippen LogP contribution in [0.15, 0.2) is 30.3 Å². The number of aliphatic hydroxyl groups is 1. The molecule has 0 aromatic heterocycles. The molecule has 21 heavy (non-hydrogen) atoms. The third-order valence-corrected chi connectivity index (χ3v) is 5.17. The lowest BCUT2D eigenvalue weighted by atomic mass is 9.77. The molecule has 2 saturated carbocycles. The molecule has 1 N–H and O–H groups in total. The lowest BCUT2D eigenvalue weighted by Crippen LogP contribution is -2.34. The van der Waals surface area contributed by atoms with Gasteiger partial charge < -0.3 is 5.11 Å². The maximum atomic E-state index is 12.9. The van der Waals surface area contributed by atoms with E-state index < -0.39 is 18.2 Å². The fourth-order valence-corrected chi connectivity index (χ4v) is 3.86. The topological polar surface area (TPSA) is 20.2 Å². The maximum absolute atomic E-state index is 12.9. The van der Waals surface area contributed by atoms with Gasteiger partial charge in [0.25, 0.3) is 0 Å². The number of rotatable bonds is 3. The van der Waals surface area contributed by atoms with E-state index in [0.717, 1.165) is 12.8 Å². The van der Waals surface area contributed by atoms with E-state index in [-0.39, 0.29) is 24.7 Å². The Hall–Kier alpha value is -1.03. The number of hydrogen-bond acceptors (Lipinski definition) is 1. The summed E-state index contributed by atoms with van der Waals surface area (Å²) < 4.78 is 38.6. The lowest BCUT2D eigenvalue weighted by molar-refractivity contribution is -0.189. The molecule has 0 amide bonds. The molecule has 3 rings (SSSR count). The largest absolute Gasteiger partial charge is 0.393 e. The summed E-state index contributed by atoms with van der Waals surface area (Å²) in [5, 5.41) is 10.5. The van der Waals surface area contributed by atoms with E-state index in [2.05, 4.69) is 0 Å². The molecule has 0 bridgehead atoms. The Labute approximate surface area is 123 Å². The Bertz CT molecular complexity index is 471. The fourth-order valence-electron chi connectivity index (χ4n) is 3.86. The summed E-state index contributed by atoms with van der Waals surface area (Å²) in [6.45, 7) is 0. The molecule has 5 atom stereocenters. The zero-order chi connectivity index (χ0) is 15.0. The van der Waals surface area contributed by atoms with Crippen LogP contribution < -0.4 is 0 Å². The van der Waals surface area contributed by atoms with Gasteiger partial charge in [-0.05, 0) is 49.0 Å². The highest BCUT2D eigenvalue weighted by Crippen LogP contribution is 2.53. The minimum atomic E-state index is -4.11. The van der Waals surface area contributed by atoms with Crippen LogP contribution in [0.1, 0.15) is 43.6 Å². The molecule has 1 aromatic rings. The molecule has 0 saturated heterocycles. The minimum Gasteiger partial charge on any atom is -0.393 e. The molecule has 116 valence electrons. The van der Waals surface area contributed by atoms with Gasteiger partial charge in [-0.15, -0.1) is 0 Å². The Morgan fingerprint density at radius 1 is 1.05 bits per heavy atom.